The Balaban J connectivity index is 1.77. The highest BCUT2D eigenvalue weighted by atomic mass is 32.1. The lowest BCUT2D eigenvalue weighted by atomic mass is 10.1. The topological polar surface area (TPSA) is 103 Å². The minimum atomic E-state index is -0.494. The molecule has 0 saturated heterocycles. The Morgan fingerprint density at radius 1 is 1.64 bits per heavy atom. The Bertz CT molecular complexity index is 723. The lowest BCUT2D eigenvalue weighted by molar-refractivity contribution is -0.380. The predicted molar refractivity (Wildman–Crippen MR) is 79.8 cm³/mol. The van der Waals surface area contributed by atoms with Gasteiger partial charge in [-0.05, 0) is 12.8 Å². The SMILES string of the molecule is CCc1nc2n(n1)CCC[C@H]2NC(=O)c1csc([N+](=O)[O-])c1. The van der Waals surface area contributed by atoms with E-state index >= 15 is 0 Å². The van der Waals surface area contributed by atoms with Crippen molar-refractivity contribution in [1.29, 1.82) is 0 Å². The molecule has 1 N–H and O–H groups in total. The predicted octanol–water partition coefficient (Wildman–Crippen LogP) is 2.08. The molecule has 0 spiro atoms. The van der Waals surface area contributed by atoms with Gasteiger partial charge in [-0.1, -0.05) is 18.3 Å². The number of thiophene rings is 1. The Morgan fingerprint density at radius 2 is 2.45 bits per heavy atom. The number of nitrogens with zero attached hydrogens (tertiary/aromatic N) is 4. The third kappa shape index (κ3) is 2.71. The first-order chi connectivity index (χ1) is 10.6. The van der Waals surface area contributed by atoms with Crippen molar-refractivity contribution in [1.82, 2.24) is 20.1 Å². The van der Waals surface area contributed by atoms with Gasteiger partial charge in [0.25, 0.3) is 5.91 Å². The highest BCUT2D eigenvalue weighted by molar-refractivity contribution is 7.13. The molecule has 0 aromatic carbocycles. The largest absolute Gasteiger partial charge is 0.342 e. The van der Waals surface area contributed by atoms with Crippen molar-refractivity contribution < 1.29 is 9.72 Å². The first kappa shape index (κ1) is 14.6. The van der Waals surface area contributed by atoms with Crippen LogP contribution in [-0.2, 0) is 13.0 Å². The molecule has 1 amide bonds. The Labute approximate surface area is 130 Å². The summed E-state index contributed by atoms with van der Waals surface area (Å²) in [7, 11) is 0. The molecule has 1 aliphatic heterocycles. The fourth-order valence-corrected chi connectivity index (χ4v) is 3.17. The maximum atomic E-state index is 12.3. The van der Waals surface area contributed by atoms with Gasteiger partial charge in [0.05, 0.1) is 16.5 Å². The smallest absolute Gasteiger partial charge is 0.324 e. The molecular formula is C13H15N5O3S. The molecule has 2 aromatic heterocycles. The van der Waals surface area contributed by atoms with Crippen molar-refractivity contribution in [2.24, 2.45) is 0 Å². The van der Waals surface area contributed by atoms with Crippen LogP contribution in [0.4, 0.5) is 5.00 Å². The van der Waals surface area contributed by atoms with E-state index in [0.717, 1.165) is 48.8 Å². The molecule has 116 valence electrons. The standard InChI is InChI=1S/C13H15N5O3S/c1-2-10-15-12-9(4-3-5-17(12)16-10)14-13(19)8-6-11(18(20)21)22-7-8/h6-7,9H,2-5H2,1H3,(H,14,19)/t9-/m1/s1. The lowest BCUT2D eigenvalue weighted by Gasteiger charge is -2.22. The average Bonchev–Trinajstić information content (AvgIpc) is 3.14. The molecule has 0 fully saturated rings. The third-order valence-corrected chi connectivity index (χ3v) is 4.45. The quantitative estimate of drug-likeness (QED) is 0.686. The maximum absolute atomic E-state index is 12.3. The summed E-state index contributed by atoms with van der Waals surface area (Å²) in [6, 6.07) is 1.10. The molecular weight excluding hydrogens is 306 g/mol. The molecule has 3 rings (SSSR count). The first-order valence-corrected chi connectivity index (χ1v) is 7.94. The molecule has 0 radical (unpaired) electrons. The molecule has 0 aliphatic carbocycles. The Morgan fingerprint density at radius 3 is 3.14 bits per heavy atom. The molecule has 2 aromatic rings. The number of rotatable bonds is 4. The molecule has 8 nitrogen and oxygen atoms in total. The second-order valence-electron chi connectivity index (χ2n) is 5.06. The summed E-state index contributed by atoms with van der Waals surface area (Å²) in [4.78, 5) is 26.9. The van der Waals surface area contributed by atoms with E-state index in [0.29, 0.717) is 5.56 Å². The summed E-state index contributed by atoms with van der Waals surface area (Å²) >= 11 is 0.948. The third-order valence-electron chi connectivity index (χ3n) is 3.57. The fraction of sp³-hybridized carbons (Fsp3) is 0.462. The fourth-order valence-electron chi connectivity index (χ4n) is 2.47. The molecule has 9 heteroatoms. The number of amides is 1. The number of carbonyl (C=O) groups excluding carboxylic acids is 1. The summed E-state index contributed by atoms with van der Waals surface area (Å²) in [6.45, 7) is 2.79. The van der Waals surface area contributed by atoms with Crippen LogP contribution in [0.1, 0.15) is 47.8 Å². The van der Waals surface area contributed by atoms with Crippen molar-refractivity contribution in [2.75, 3.05) is 0 Å². The number of nitrogens with one attached hydrogen (secondary N) is 1. The Kier molecular flexibility index (Phi) is 3.88. The van der Waals surface area contributed by atoms with E-state index in [1.165, 1.54) is 11.4 Å². The molecule has 3 heterocycles. The van der Waals surface area contributed by atoms with Gasteiger partial charge in [-0.15, -0.1) is 0 Å². The van der Waals surface area contributed by atoms with Gasteiger partial charge in [0.2, 0.25) is 0 Å². The van der Waals surface area contributed by atoms with Gasteiger partial charge >= 0.3 is 5.00 Å². The van der Waals surface area contributed by atoms with Crippen molar-refractivity contribution in [3.8, 4) is 0 Å². The van der Waals surface area contributed by atoms with Crippen molar-refractivity contribution in [2.45, 2.75) is 38.8 Å². The van der Waals surface area contributed by atoms with Crippen LogP contribution in [0.2, 0.25) is 0 Å². The number of nitro groups is 1. The number of hydrogen-bond acceptors (Lipinski definition) is 6. The summed E-state index contributed by atoms with van der Waals surface area (Å²) < 4.78 is 1.84. The minimum absolute atomic E-state index is 0.0368. The number of aromatic nitrogens is 3. The van der Waals surface area contributed by atoms with Gasteiger partial charge in [0.15, 0.2) is 5.82 Å². The molecule has 22 heavy (non-hydrogen) atoms. The molecule has 1 atom stereocenters. The molecule has 0 unspecified atom stereocenters. The van der Waals surface area contributed by atoms with Gasteiger partial charge in [-0.25, -0.2) is 9.67 Å². The van der Waals surface area contributed by atoms with Crippen LogP contribution in [0.25, 0.3) is 0 Å². The monoisotopic (exact) mass is 321 g/mol. The van der Waals surface area contributed by atoms with Crippen molar-refractivity contribution >= 4 is 22.2 Å². The van der Waals surface area contributed by atoms with Crippen LogP contribution >= 0.6 is 11.3 Å². The van der Waals surface area contributed by atoms with E-state index in [2.05, 4.69) is 15.4 Å². The number of carbonyl (C=O) groups is 1. The summed E-state index contributed by atoms with van der Waals surface area (Å²) in [6.07, 6.45) is 2.45. The second-order valence-corrected chi connectivity index (χ2v) is 5.95. The molecule has 0 saturated carbocycles. The summed E-state index contributed by atoms with van der Waals surface area (Å²) in [5, 5.41) is 19.4. The van der Waals surface area contributed by atoms with Gasteiger partial charge in [-0.2, -0.15) is 5.10 Å². The van der Waals surface area contributed by atoms with Crippen molar-refractivity contribution in [3.05, 3.63) is 38.8 Å². The van der Waals surface area contributed by atoms with E-state index < -0.39 is 4.92 Å². The average molecular weight is 321 g/mol. The zero-order valence-corrected chi connectivity index (χ0v) is 12.8. The van der Waals surface area contributed by atoms with Crippen LogP contribution in [0, 0.1) is 10.1 Å². The molecule has 1 aliphatic rings. The van der Waals surface area contributed by atoms with Crippen LogP contribution in [-0.4, -0.2) is 25.6 Å². The van der Waals surface area contributed by atoms with Crippen molar-refractivity contribution in [3.63, 3.8) is 0 Å². The Hall–Kier alpha value is -2.29. The van der Waals surface area contributed by atoms with E-state index in [1.54, 1.807) is 0 Å². The zero-order chi connectivity index (χ0) is 15.7. The van der Waals surface area contributed by atoms with Crippen LogP contribution < -0.4 is 5.32 Å². The summed E-state index contributed by atoms with van der Waals surface area (Å²) in [5.74, 6) is 1.22. The number of hydrogen-bond donors (Lipinski definition) is 1. The van der Waals surface area contributed by atoms with Gasteiger partial charge in [-0.3, -0.25) is 14.9 Å². The van der Waals surface area contributed by atoms with E-state index in [4.69, 9.17) is 0 Å². The number of fused-ring (bicyclic) bond motifs is 1. The van der Waals surface area contributed by atoms with E-state index in [1.807, 2.05) is 11.6 Å². The van der Waals surface area contributed by atoms with Crippen LogP contribution in [0.15, 0.2) is 11.4 Å². The summed E-state index contributed by atoms with van der Waals surface area (Å²) in [5.41, 5.74) is 0.309. The van der Waals surface area contributed by atoms with E-state index in [9.17, 15) is 14.9 Å². The van der Waals surface area contributed by atoms with Gasteiger partial charge in [0.1, 0.15) is 5.82 Å². The highest BCUT2D eigenvalue weighted by Crippen LogP contribution is 2.26. The minimum Gasteiger partial charge on any atom is -0.342 e. The first-order valence-electron chi connectivity index (χ1n) is 7.06. The number of aryl methyl sites for hydroxylation is 2. The maximum Gasteiger partial charge on any atom is 0.324 e. The normalized spacial score (nSPS) is 17.0. The van der Waals surface area contributed by atoms with Gasteiger partial charge in [0, 0.05) is 24.4 Å². The second kappa shape index (κ2) is 5.84. The van der Waals surface area contributed by atoms with Crippen LogP contribution in [0.3, 0.4) is 0 Å². The molecule has 0 bridgehead atoms. The highest BCUT2D eigenvalue weighted by Gasteiger charge is 2.26. The lowest BCUT2D eigenvalue weighted by Crippen LogP contribution is -2.33. The zero-order valence-electron chi connectivity index (χ0n) is 12.0. The van der Waals surface area contributed by atoms with E-state index in [-0.39, 0.29) is 17.0 Å². The van der Waals surface area contributed by atoms with Crippen LogP contribution in [0.5, 0.6) is 0 Å². The van der Waals surface area contributed by atoms with Gasteiger partial charge < -0.3 is 5.32 Å².